The summed E-state index contributed by atoms with van der Waals surface area (Å²) in [4.78, 5) is 32.2. The molecule has 0 fully saturated rings. The molecule has 2 amide bonds. The van der Waals surface area contributed by atoms with Crippen LogP contribution in [0.25, 0.3) is 16.6 Å². The first kappa shape index (κ1) is 34.4. The lowest BCUT2D eigenvalue weighted by atomic mass is 10.0. The maximum absolute atomic E-state index is 13.6. The van der Waals surface area contributed by atoms with E-state index >= 15 is 0 Å². The third kappa shape index (κ3) is 9.78. The third-order valence-electron chi connectivity index (χ3n) is 6.65. The topological polar surface area (TPSA) is 108 Å². The van der Waals surface area contributed by atoms with Crippen molar-refractivity contribution in [1.29, 1.82) is 0 Å². The number of carbonyl (C=O) groups excluding carboxylic acids is 2. The van der Waals surface area contributed by atoms with Gasteiger partial charge in [-0.25, -0.2) is 14.5 Å². The first-order chi connectivity index (χ1) is 20.9. The first-order valence-corrected chi connectivity index (χ1v) is 18.9. The summed E-state index contributed by atoms with van der Waals surface area (Å²) >= 11 is 3.49. The van der Waals surface area contributed by atoms with Crippen LogP contribution in [-0.4, -0.2) is 71.4 Å². The minimum atomic E-state index is -4.95. The molecule has 0 atom stereocenters. The number of pyridine rings is 1. The number of alkyl halides is 3. The average molecular weight is 713 g/mol. The summed E-state index contributed by atoms with van der Waals surface area (Å²) in [5.74, 6) is -1.07. The number of nitrogens with one attached hydrogen (secondary N) is 1. The Morgan fingerprint density at radius 1 is 1.13 bits per heavy atom. The molecule has 0 radical (unpaired) electrons. The third-order valence-corrected chi connectivity index (χ3v) is 8.79. The molecule has 10 nitrogen and oxygen atoms in total. The minimum Gasteiger partial charge on any atom is -0.444 e. The van der Waals surface area contributed by atoms with Crippen molar-refractivity contribution in [3.63, 3.8) is 0 Å². The SMILES string of the molecule is CC(C)(C)OC(=O)Nc1cc(OC(F)(F)F)ccc1C(=O)N1CC=C(c2nn(COCC[Si](C)(C)C)c3ncc(Br)cc23)CC1. The number of hydrogen-bond acceptors (Lipinski definition) is 7. The molecule has 2 aromatic heterocycles. The van der Waals surface area contributed by atoms with E-state index in [2.05, 4.69) is 50.6 Å². The van der Waals surface area contributed by atoms with Crippen molar-refractivity contribution in [3.05, 3.63) is 52.3 Å². The van der Waals surface area contributed by atoms with Crippen LogP contribution < -0.4 is 10.1 Å². The highest BCUT2D eigenvalue weighted by molar-refractivity contribution is 9.10. The number of carbonyl (C=O) groups is 2. The number of nitrogens with zero attached hydrogens (tertiary/aromatic N) is 4. The summed E-state index contributed by atoms with van der Waals surface area (Å²) in [7, 11) is -1.25. The lowest BCUT2D eigenvalue weighted by Crippen LogP contribution is -2.35. The molecule has 0 aliphatic carbocycles. The van der Waals surface area contributed by atoms with Crippen LogP contribution >= 0.6 is 15.9 Å². The van der Waals surface area contributed by atoms with Crippen molar-refractivity contribution in [3.8, 4) is 5.75 Å². The van der Waals surface area contributed by atoms with Crippen molar-refractivity contribution >= 4 is 58.3 Å². The summed E-state index contributed by atoms with van der Waals surface area (Å²) < 4.78 is 56.4. The van der Waals surface area contributed by atoms with Gasteiger partial charge >= 0.3 is 12.5 Å². The van der Waals surface area contributed by atoms with E-state index in [-0.39, 0.29) is 24.5 Å². The molecule has 3 heterocycles. The van der Waals surface area contributed by atoms with Crippen molar-refractivity contribution in [2.75, 3.05) is 25.0 Å². The molecule has 1 N–H and O–H groups in total. The number of ether oxygens (including phenoxy) is 3. The van der Waals surface area contributed by atoms with E-state index in [1.54, 1.807) is 31.6 Å². The Morgan fingerprint density at radius 2 is 1.87 bits per heavy atom. The molecule has 0 unspecified atom stereocenters. The fourth-order valence-electron chi connectivity index (χ4n) is 4.55. The van der Waals surface area contributed by atoms with E-state index in [1.165, 1.54) is 11.0 Å². The van der Waals surface area contributed by atoms with Gasteiger partial charge in [-0.3, -0.25) is 10.1 Å². The summed E-state index contributed by atoms with van der Waals surface area (Å²) in [5.41, 5.74) is 1.29. The Labute approximate surface area is 269 Å². The second-order valence-corrected chi connectivity index (χ2v) is 19.4. The molecule has 0 spiro atoms. The molecule has 1 aliphatic rings. The molecule has 3 aromatic rings. The molecular weight excluding hydrogens is 675 g/mol. The normalized spacial score (nSPS) is 14.4. The van der Waals surface area contributed by atoms with E-state index < -0.39 is 37.8 Å². The lowest BCUT2D eigenvalue weighted by Gasteiger charge is -2.27. The highest BCUT2D eigenvalue weighted by atomic mass is 79.9. The van der Waals surface area contributed by atoms with Gasteiger partial charge in [-0.1, -0.05) is 25.7 Å². The van der Waals surface area contributed by atoms with Gasteiger partial charge in [0, 0.05) is 49.9 Å². The Balaban J connectivity index is 1.56. The number of aromatic nitrogens is 3. The fourth-order valence-corrected chi connectivity index (χ4v) is 5.64. The molecule has 1 aliphatic heterocycles. The zero-order valence-corrected chi connectivity index (χ0v) is 28.6. The number of fused-ring (bicyclic) bond motifs is 1. The zero-order valence-electron chi connectivity index (χ0n) is 26.0. The number of amides is 2. The quantitative estimate of drug-likeness (QED) is 0.179. The predicted molar refractivity (Wildman–Crippen MR) is 171 cm³/mol. The highest BCUT2D eigenvalue weighted by Crippen LogP contribution is 2.32. The van der Waals surface area contributed by atoms with Crippen LogP contribution in [0.15, 0.2) is 41.0 Å². The summed E-state index contributed by atoms with van der Waals surface area (Å²) in [5, 5.41) is 8.05. The number of hydrogen-bond donors (Lipinski definition) is 1. The zero-order chi connectivity index (χ0) is 33.2. The average Bonchev–Trinajstić information content (AvgIpc) is 3.26. The maximum atomic E-state index is 13.6. The second-order valence-electron chi connectivity index (χ2n) is 12.8. The summed E-state index contributed by atoms with van der Waals surface area (Å²) in [6.45, 7) is 13.2. The Morgan fingerprint density at radius 3 is 2.49 bits per heavy atom. The van der Waals surface area contributed by atoms with Crippen LogP contribution in [0.5, 0.6) is 5.75 Å². The van der Waals surface area contributed by atoms with Gasteiger partial charge in [0.25, 0.3) is 5.91 Å². The van der Waals surface area contributed by atoms with Gasteiger partial charge in [-0.2, -0.15) is 5.10 Å². The largest absolute Gasteiger partial charge is 0.573 e. The van der Waals surface area contributed by atoms with Gasteiger partial charge in [0.1, 0.15) is 18.1 Å². The second kappa shape index (κ2) is 13.5. The van der Waals surface area contributed by atoms with Gasteiger partial charge in [-0.05, 0) is 72.9 Å². The van der Waals surface area contributed by atoms with Crippen LogP contribution in [-0.2, 0) is 16.2 Å². The number of rotatable bonds is 9. The van der Waals surface area contributed by atoms with E-state index in [9.17, 15) is 22.8 Å². The van der Waals surface area contributed by atoms with Crippen LogP contribution in [0, 0.1) is 0 Å². The van der Waals surface area contributed by atoms with Crippen LogP contribution in [0.2, 0.25) is 25.7 Å². The molecular formula is C30H37BrF3N5O5Si. The van der Waals surface area contributed by atoms with E-state index in [0.29, 0.717) is 25.2 Å². The molecule has 0 saturated heterocycles. The highest BCUT2D eigenvalue weighted by Gasteiger charge is 2.32. The molecule has 0 saturated carbocycles. The monoisotopic (exact) mass is 711 g/mol. The number of anilines is 1. The smallest absolute Gasteiger partial charge is 0.444 e. The molecule has 45 heavy (non-hydrogen) atoms. The molecule has 15 heteroatoms. The van der Waals surface area contributed by atoms with E-state index in [0.717, 1.165) is 39.3 Å². The molecule has 0 bridgehead atoms. The van der Waals surface area contributed by atoms with Crippen molar-refractivity contribution in [2.24, 2.45) is 0 Å². The fraction of sp³-hybridized carbons (Fsp3) is 0.467. The Kier molecular flexibility index (Phi) is 10.3. The van der Waals surface area contributed by atoms with E-state index in [4.69, 9.17) is 14.6 Å². The number of benzene rings is 1. The molecule has 4 rings (SSSR count). The van der Waals surface area contributed by atoms with Crippen LogP contribution in [0.3, 0.4) is 0 Å². The van der Waals surface area contributed by atoms with Gasteiger partial charge in [0.2, 0.25) is 0 Å². The van der Waals surface area contributed by atoms with Crippen LogP contribution in [0.1, 0.15) is 43.2 Å². The first-order valence-electron chi connectivity index (χ1n) is 14.4. The van der Waals surface area contributed by atoms with Gasteiger partial charge in [-0.15, -0.1) is 13.2 Å². The maximum Gasteiger partial charge on any atom is 0.573 e. The van der Waals surface area contributed by atoms with Crippen molar-refractivity contribution < 1.29 is 37.0 Å². The Hall–Kier alpha value is -3.43. The summed E-state index contributed by atoms with van der Waals surface area (Å²) in [6.07, 6.45) is -1.82. The van der Waals surface area contributed by atoms with Crippen molar-refractivity contribution in [1.82, 2.24) is 19.7 Å². The standard InChI is InChI=1S/C30H37BrF3N5O5Si/c1-29(2,3)44-28(41)36-24-16-21(43-30(32,33)34)7-8-22(24)27(40)38-11-9-19(10-12-38)25-23-15-20(31)17-35-26(23)39(37-25)18-42-13-14-45(4,5)6/h7-9,15-17H,10-14,18H2,1-6H3,(H,36,41). The van der Waals surface area contributed by atoms with Gasteiger partial charge < -0.3 is 19.1 Å². The van der Waals surface area contributed by atoms with E-state index in [1.807, 2.05) is 12.1 Å². The summed E-state index contributed by atoms with van der Waals surface area (Å²) in [6, 6.07) is 6.14. The lowest BCUT2D eigenvalue weighted by molar-refractivity contribution is -0.274. The minimum absolute atomic E-state index is 0.00874. The number of halogens is 4. The van der Waals surface area contributed by atoms with Crippen molar-refractivity contribution in [2.45, 2.75) is 71.6 Å². The predicted octanol–water partition coefficient (Wildman–Crippen LogP) is 7.68. The van der Waals surface area contributed by atoms with Crippen LogP contribution in [0.4, 0.5) is 23.7 Å². The molecule has 244 valence electrons. The van der Waals surface area contributed by atoms with Gasteiger partial charge in [0.05, 0.1) is 16.9 Å². The van der Waals surface area contributed by atoms with Gasteiger partial charge in [0.15, 0.2) is 5.65 Å². The Bertz CT molecular complexity index is 1600. The molecule has 1 aromatic carbocycles.